The normalized spacial score (nSPS) is 18.6. The van der Waals surface area contributed by atoms with Gasteiger partial charge in [0.15, 0.2) is 0 Å². The number of piperidine rings is 1. The molecule has 1 aliphatic heterocycles. The molecular formula is C14H19N3O3. The van der Waals surface area contributed by atoms with E-state index in [0.29, 0.717) is 11.6 Å². The summed E-state index contributed by atoms with van der Waals surface area (Å²) >= 11 is 0. The van der Waals surface area contributed by atoms with Gasteiger partial charge < -0.3 is 15.3 Å². The van der Waals surface area contributed by atoms with Gasteiger partial charge in [0.2, 0.25) is 0 Å². The van der Waals surface area contributed by atoms with Crippen molar-refractivity contribution in [2.24, 2.45) is 5.92 Å². The van der Waals surface area contributed by atoms with Crippen molar-refractivity contribution in [3.8, 4) is 0 Å². The predicted molar refractivity (Wildman–Crippen MR) is 73.4 cm³/mol. The highest BCUT2D eigenvalue weighted by atomic mass is 16.4. The Hall–Kier alpha value is -2.11. The van der Waals surface area contributed by atoms with Crippen molar-refractivity contribution in [2.45, 2.75) is 26.3 Å². The Morgan fingerprint density at radius 2 is 2.35 bits per heavy atom. The van der Waals surface area contributed by atoms with Crippen LogP contribution in [0.3, 0.4) is 0 Å². The van der Waals surface area contributed by atoms with Crippen LogP contribution in [0.25, 0.3) is 0 Å². The highest BCUT2D eigenvalue weighted by molar-refractivity contribution is 5.87. The molecular weight excluding hydrogens is 258 g/mol. The molecule has 0 aromatic carbocycles. The molecule has 0 spiro atoms. The number of carbonyl (C=O) groups excluding carboxylic acids is 1. The highest BCUT2D eigenvalue weighted by Crippen LogP contribution is 2.15. The van der Waals surface area contributed by atoms with Crippen molar-refractivity contribution < 1.29 is 14.7 Å². The third-order valence-corrected chi connectivity index (χ3v) is 3.43. The van der Waals surface area contributed by atoms with Gasteiger partial charge in [0.25, 0.3) is 0 Å². The summed E-state index contributed by atoms with van der Waals surface area (Å²) in [6.07, 6.45) is 3.63. The van der Waals surface area contributed by atoms with E-state index in [1.165, 1.54) is 18.3 Å². The first kappa shape index (κ1) is 14.3. The average Bonchev–Trinajstić information content (AvgIpc) is 2.45. The lowest BCUT2D eigenvalue weighted by Gasteiger charge is -2.30. The number of hydrogen-bond donors (Lipinski definition) is 2. The summed E-state index contributed by atoms with van der Waals surface area (Å²) in [6, 6.07) is 2.79. The summed E-state index contributed by atoms with van der Waals surface area (Å²) in [5.74, 6) is -0.465. The Kier molecular flexibility index (Phi) is 4.55. The van der Waals surface area contributed by atoms with E-state index in [2.05, 4.69) is 17.2 Å². The molecule has 0 saturated carbocycles. The number of likely N-dealkylation sites (tertiary alicyclic amines) is 1. The van der Waals surface area contributed by atoms with E-state index in [0.717, 1.165) is 25.9 Å². The van der Waals surface area contributed by atoms with Gasteiger partial charge in [-0.25, -0.2) is 9.59 Å². The third-order valence-electron chi connectivity index (χ3n) is 3.43. The minimum atomic E-state index is -0.996. The summed E-state index contributed by atoms with van der Waals surface area (Å²) in [5.41, 5.74) is 0.721. The van der Waals surface area contributed by atoms with E-state index >= 15 is 0 Å². The number of pyridine rings is 1. The Morgan fingerprint density at radius 3 is 3.05 bits per heavy atom. The second kappa shape index (κ2) is 6.36. The van der Waals surface area contributed by atoms with Crippen LogP contribution in [0, 0.1) is 5.92 Å². The molecule has 1 aliphatic rings. The first-order chi connectivity index (χ1) is 9.56. The SMILES string of the molecule is CC1CCCN(C(=O)NCc2cc(C(=O)O)ccn2)C1. The van der Waals surface area contributed by atoms with E-state index < -0.39 is 5.97 Å². The summed E-state index contributed by atoms with van der Waals surface area (Å²) < 4.78 is 0. The van der Waals surface area contributed by atoms with E-state index in [1.54, 1.807) is 4.90 Å². The number of carboxylic acid groups (broad SMARTS) is 1. The van der Waals surface area contributed by atoms with Crippen LogP contribution in [-0.2, 0) is 6.54 Å². The van der Waals surface area contributed by atoms with Gasteiger partial charge in [-0.3, -0.25) is 4.98 Å². The van der Waals surface area contributed by atoms with Gasteiger partial charge in [0.1, 0.15) is 0 Å². The molecule has 2 heterocycles. The average molecular weight is 277 g/mol. The van der Waals surface area contributed by atoms with Crippen molar-refractivity contribution in [3.63, 3.8) is 0 Å². The van der Waals surface area contributed by atoms with Crippen LogP contribution in [0.5, 0.6) is 0 Å². The van der Waals surface area contributed by atoms with Gasteiger partial charge in [-0.15, -0.1) is 0 Å². The van der Waals surface area contributed by atoms with Gasteiger partial charge in [0.05, 0.1) is 17.8 Å². The van der Waals surface area contributed by atoms with Crippen molar-refractivity contribution in [3.05, 3.63) is 29.6 Å². The fraction of sp³-hybridized carbons (Fsp3) is 0.500. The van der Waals surface area contributed by atoms with Crippen molar-refractivity contribution in [1.29, 1.82) is 0 Å². The predicted octanol–water partition coefficient (Wildman–Crippen LogP) is 1.72. The van der Waals surface area contributed by atoms with Crippen molar-refractivity contribution in [1.82, 2.24) is 15.2 Å². The van der Waals surface area contributed by atoms with E-state index in [1.807, 2.05) is 0 Å². The summed E-state index contributed by atoms with van der Waals surface area (Å²) in [4.78, 5) is 28.7. The fourth-order valence-corrected chi connectivity index (χ4v) is 2.36. The molecule has 1 fully saturated rings. The molecule has 1 atom stereocenters. The quantitative estimate of drug-likeness (QED) is 0.881. The summed E-state index contributed by atoms with van der Waals surface area (Å²) in [7, 11) is 0. The van der Waals surface area contributed by atoms with Crippen molar-refractivity contribution >= 4 is 12.0 Å². The molecule has 0 radical (unpaired) electrons. The largest absolute Gasteiger partial charge is 0.478 e. The number of carbonyl (C=O) groups is 2. The van der Waals surface area contributed by atoms with Crippen molar-refractivity contribution in [2.75, 3.05) is 13.1 Å². The first-order valence-corrected chi connectivity index (χ1v) is 6.77. The Balaban J connectivity index is 1.89. The zero-order valence-corrected chi connectivity index (χ0v) is 11.5. The first-order valence-electron chi connectivity index (χ1n) is 6.77. The molecule has 2 amide bonds. The molecule has 6 heteroatoms. The Bertz CT molecular complexity index is 504. The number of aromatic nitrogens is 1. The molecule has 0 bridgehead atoms. The molecule has 1 unspecified atom stereocenters. The maximum Gasteiger partial charge on any atom is 0.335 e. The number of amides is 2. The van der Waals surface area contributed by atoms with Crippen LogP contribution in [0.15, 0.2) is 18.3 Å². The van der Waals surface area contributed by atoms with Crippen LogP contribution in [0.2, 0.25) is 0 Å². The van der Waals surface area contributed by atoms with Gasteiger partial charge in [-0.2, -0.15) is 0 Å². The topological polar surface area (TPSA) is 82.5 Å². The minimum Gasteiger partial charge on any atom is -0.478 e. The lowest BCUT2D eigenvalue weighted by atomic mass is 10.0. The summed E-state index contributed by atoms with van der Waals surface area (Å²) in [5, 5.41) is 11.7. The number of rotatable bonds is 3. The second-order valence-corrected chi connectivity index (χ2v) is 5.19. The van der Waals surface area contributed by atoms with E-state index in [-0.39, 0.29) is 18.1 Å². The molecule has 108 valence electrons. The molecule has 6 nitrogen and oxygen atoms in total. The monoisotopic (exact) mass is 277 g/mol. The fourth-order valence-electron chi connectivity index (χ4n) is 2.36. The van der Waals surface area contributed by atoms with Gasteiger partial charge in [0, 0.05) is 19.3 Å². The van der Waals surface area contributed by atoms with Crippen LogP contribution in [0.1, 0.15) is 35.8 Å². The maximum atomic E-state index is 12.0. The summed E-state index contributed by atoms with van der Waals surface area (Å²) in [6.45, 7) is 3.93. The van der Waals surface area contributed by atoms with Gasteiger partial charge in [-0.1, -0.05) is 6.92 Å². The van der Waals surface area contributed by atoms with Crippen LogP contribution in [-0.4, -0.2) is 40.1 Å². The van der Waals surface area contributed by atoms with Crippen LogP contribution >= 0.6 is 0 Å². The maximum absolute atomic E-state index is 12.0. The third kappa shape index (κ3) is 3.69. The highest BCUT2D eigenvalue weighted by Gasteiger charge is 2.20. The number of nitrogens with one attached hydrogen (secondary N) is 1. The lowest BCUT2D eigenvalue weighted by molar-refractivity contribution is 0.0696. The number of nitrogens with zero attached hydrogens (tertiary/aromatic N) is 2. The minimum absolute atomic E-state index is 0.112. The Morgan fingerprint density at radius 1 is 1.55 bits per heavy atom. The molecule has 2 N–H and O–H groups in total. The Labute approximate surface area is 117 Å². The molecule has 1 aromatic heterocycles. The lowest BCUT2D eigenvalue weighted by Crippen LogP contribution is -2.44. The second-order valence-electron chi connectivity index (χ2n) is 5.19. The number of urea groups is 1. The zero-order valence-electron chi connectivity index (χ0n) is 11.5. The number of carboxylic acids is 1. The molecule has 20 heavy (non-hydrogen) atoms. The molecule has 1 saturated heterocycles. The molecule has 0 aliphatic carbocycles. The van der Waals surface area contributed by atoms with Crippen LogP contribution in [0.4, 0.5) is 4.79 Å². The van der Waals surface area contributed by atoms with E-state index in [9.17, 15) is 9.59 Å². The van der Waals surface area contributed by atoms with Gasteiger partial charge >= 0.3 is 12.0 Å². The smallest absolute Gasteiger partial charge is 0.335 e. The number of aromatic carboxylic acids is 1. The standard InChI is InChI=1S/C14H19N3O3/c1-10-3-2-6-17(9-10)14(20)16-8-12-7-11(13(18)19)4-5-15-12/h4-5,7,10H,2-3,6,8-9H2,1H3,(H,16,20)(H,18,19). The number of hydrogen-bond acceptors (Lipinski definition) is 3. The molecule has 2 rings (SSSR count). The molecule has 1 aromatic rings. The van der Waals surface area contributed by atoms with Crippen LogP contribution < -0.4 is 5.32 Å². The van der Waals surface area contributed by atoms with E-state index in [4.69, 9.17) is 5.11 Å². The zero-order chi connectivity index (χ0) is 14.5. The van der Waals surface area contributed by atoms with Gasteiger partial charge in [-0.05, 0) is 30.9 Å².